The summed E-state index contributed by atoms with van der Waals surface area (Å²) in [5.41, 5.74) is 0. The third-order valence-corrected chi connectivity index (χ3v) is 11.3. The molecular weight excluding hydrogens is 939 g/mol. The topological polar surface area (TPSA) is 225 Å². The van der Waals surface area contributed by atoms with Gasteiger partial charge in [-0.15, -0.1) is 0 Å². The number of allylic oxidation sites excluding steroid dienone is 20. The number of unbranched alkanes of at least 4 members (excludes halogenated alkanes) is 6. The number of phosphoric acid groups is 2. The summed E-state index contributed by atoms with van der Waals surface area (Å²) in [4.78, 5) is 43.8. The van der Waals surface area contributed by atoms with E-state index < -0.39 is 85.5 Å². The number of ether oxygens (including phenoxy) is 2. The Morgan fingerprint density at radius 1 is 0.371 bits per heavy atom. The number of hydrogen-bond acceptors (Lipinski definition) is 13. The first kappa shape index (κ1) is 66.4. The third-order valence-electron chi connectivity index (χ3n) is 9.41. The molecule has 0 spiro atoms. The van der Waals surface area contributed by atoms with Crippen LogP contribution >= 0.6 is 15.6 Å². The SMILES string of the molecule is CC/C=C\C/C=C\C/C=C\C/C=C\C/C=C\CCCCCC(=O)OCC(O)COP(=O)(O)OCC(O)COP(=O)(O)OCC(O)COC(=O)CCCCC/C=C\C/C=C\C/C=C\C/C=C\C/C=C\CC. The molecule has 15 nitrogen and oxygen atoms in total. The monoisotopic (exact) mass is 1020 g/mol. The highest BCUT2D eigenvalue weighted by atomic mass is 31.2. The van der Waals surface area contributed by atoms with Crippen molar-refractivity contribution in [1.82, 2.24) is 0 Å². The van der Waals surface area contributed by atoms with Gasteiger partial charge in [0.15, 0.2) is 0 Å². The van der Waals surface area contributed by atoms with Crippen molar-refractivity contribution in [2.45, 2.75) is 161 Å². The average molecular weight is 1030 g/mol. The van der Waals surface area contributed by atoms with Gasteiger partial charge in [-0.25, -0.2) is 9.13 Å². The standard InChI is InChI=1S/C53H86O15P2/c1-3-5-7-9-11-13-15-17-19-21-23-25-27-29-31-33-35-37-39-41-52(57)63-43-49(54)45-65-69(59,60)67-47-51(56)48-68-70(61,62)66-46-50(55)44-64-53(58)42-40-38-36-34-32-30-28-26-24-22-20-18-16-14-12-10-8-6-4-2/h5-8,11-14,17-20,23-26,29-32,49-51,54-56H,3-4,9-10,15-16,21-22,27-28,33-48H2,1-2H3,(H,59,60)(H,61,62)/b7-5-,8-6-,13-11-,14-12-,19-17-,20-18-,25-23-,26-24-,31-29-,32-30-. The molecule has 0 heterocycles. The molecule has 0 saturated carbocycles. The van der Waals surface area contributed by atoms with Crippen LogP contribution in [0, 0.1) is 0 Å². The van der Waals surface area contributed by atoms with Gasteiger partial charge in [0.05, 0.1) is 26.4 Å². The summed E-state index contributed by atoms with van der Waals surface area (Å²) >= 11 is 0. The minimum Gasteiger partial charge on any atom is -0.463 e. The molecule has 0 amide bonds. The molecule has 0 aromatic heterocycles. The van der Waals surface area contributed by atoms with E-state index in [1.807, 2.05) is 0 Å². The number of carbonyl (C=O) groups excluding carboxylic acids is 2. The number of esters is 2. The van der Waals surface area contributed by atoms with E-state index in [-0.39, 0.29) is 12.8 Å². The summed E-state index contributed by atoms with van der Waals surface area (Å²) in [7, 11) is -9.61. The lowest BCUT2D eigenvalue weighted by Crippen LogP contribution is -2.25. The second-order valence-electron chi connectivity index (χ2n) is 16.1. The summed E-state index contributed by atoms with van der Waals surface area (Å²) in [5, 5.41) is 30.1. The molecule has 4 unspecified atom stereocenters. The predicted octanol–water partition coefficient (Wildman–Crippen LogP) is 11.8. The third kappa shape index (κ3) is 49.4. The lowest BCUT2D eigenvalue weighted by Gasteiger charge is -2.19. The summed E-state index contributed by atoms with van der Waals surface area (Å²) in [6.07, 6.45) is 54.7. The molecule has 0 aliphatic rings. The average Bonchev–Trinajstić information content (AvgIpc) is 3.34. The smallest absolute Gasteiger partial charge is 0.463 e. The van der Waals surface area contributed by atoms with Gasteiger partial charge in [-0.2, -0.15) is 0 Å². The van der Waals surface area contributed by atoms with E-state index in [0.717, 1.165) is 103 Å². The van der Waals surface area contributed by atoms with Gasteiger partial charge in [0.1, 0.15) is 31.5 Å². The molecule has 0 aliphatic carbocycles. The molecule has 0 radical (unpaired) electrons. The van der Waals surface area contributed by atoms with E-state index in [1.54, 1.807) is 0 Å². The Balaban J connectivity index is 3.97. The van der Waals surface area contributed by atoms with Gasteiger partial charge in [0, 0.05) is 12.8 Å². The normalized spacial score (nSPS) is 15.9. The van der Waals surface area contributed by atoms with Crippen molar-refractivity contribution >= 4 is 27.6 Å². The summed E-state index contributed by atoms with van der Waals surface area (Å²) in [6.45, 7) is 0.0789. The van der Waals surface area contributed by atoms with Crippen molar-refractivity contribution < 1.29 is 71.4 Å². The molecule has 0 aliphatic heterocycles. The Morgan fingerprint density at radius 3 is 0.886 bits per heavy atom. The molecule has 0 bridgehead atoms. The van der Waals surface area contributed by atoms with E-state index in [4.69, 9.17) is 9.47 Å². The summed E-state index contributed by atoms with van der Waals surface area (Å²) in [5.74, 6) is -1.07. The van der Waals surface area contributed by atoms with Crippen LogP contribution < -0.4 is 0 Å². The Labute approximate surface area is 419 Å². The van der Waals surface area contributed by atoms with Crippen molar-refractivity contribution in [2.24, 2.45) is 0 Å². The van der Waals surface area contributed by atoms with Crippen molar-refractivity contribution in [3.63, 3.8) is 0 Å². The van der Waals surface area contributed by atoms with Crippen LogP contribution in [-0.2, 0) is 46.3 Å². The molecule has 0 aromatic carbocycles. The number of phosphoric ester groups is 2. The summed E-state index contributed by atoms with van der Waals surface area (Å²) < 4.78 is 53.0. The molecule has 70 heavy (non-hydrogen) atoms. The Morgan fingerprint density at radius 2 is 0.614 bits per heavy atom. The molecule has 5 N–H and O–H groups in total. The highest BCUT2D eigenvalue weighted by Gasteiger charge is 2.28. The van der Waals surface area contributed by atoms with Crippen LogP contribution in [0.25, 0.3) is 0 Å². The first-order valence-electron chi connectivity index (χ1n) is 24.9. The van der Waals surface area contributed by atoms with Crippen LogP contribution in [0.2, 0.25) is 0 Å². The maximum absolute atomic E-state index is 12.2. The Hall–Kier alpha value is -3.56. The molecular formula is C53H86O15P2. The quantitative estimate of drug-likeness (QED) is 0.0165. The van der Waals surface area contributed by atoms with E-state index in [2.05, 4.69) is 153 Å². The van der Waals surface area contributed by atoms with E-state index >= 15 is 0 Å². The van der Waals surface area contributed by atoms with Gasteiger partial charge in [0.2, 0.25) is 0 Å². The van der Waals surface area contributed by atoms with Gasteiger partial charge in [-0.1, -0.05) is 148 Å². The van der Waals surface area contributed by atoms with Crippen molar-refractivity contribution in [1.29, 1.82) is 0 Å². The first-order valence-corrected chi connectivity index (χ1v) is 27.9. The van der Waals surface area contributed by atoms with Crippen LogP contribution in [0.4, 0.5) is 0 Å². The van der Waals surface area contributed by atoms with Gasteiger partial charge in [0.25, 0.3) is 0 Å². The fourth-order valence-electron chi connectivity index (χ4n) is 5.62. The highest BCUT2D eigenvalue weighted by molar-refractivity contribution is 7.47. The van der Waals surface area contributed by atoms with E-state index in [1.165, 1.54) is 0 Å². The van der Waals surface area contributed by atoms with Crippen molar-refractivity contribution in [3.8, 4) is 0 Å². The van der Waals surface area contributed by atoms with Crippen molar-refractivity contribution in [2.75, 3.05) is 39.6 Å². The van der Waals surface area contributed by atoms with Crippen LogP contribution in [0.15, 0.2) is 122 Å². The highest BCUT2D eigenvalue weighted by Crippen LogP contribution is 2.45. The van der Waals surface area contributed by atoms with Crippen LogP contribution in [0.3, 0.4) is 0 Å². The van der Waals surface area contributed by atoms with E-state index in [9.17, 15) is 43.8 Å². The lowest BCUT2D eigenvalue weighted by molar-refractivity contribution is -0.148. The van der Waals surface area contributed by atoms with Gasteiger partial charge in [-0.05, 0) is 103 Å². The molecule has 4 atom stereocenters. The van der Waals surface area contributed by atoms with Crippen LogP contribution in [0.1, 0.15) is 142 Å². The largest absolute Gasteiger partial charge is 0.472 e. The van der Waals surface area contributed by atoms with Gasteiger partial charge < -0.3 is 34.6 Å². The number of carbonyl (C=O) groups is 2. The number of rotatable bonds is 46. The zero-order valence-electron chi connectivity index (χ0n) is 41.9. The Kier molecular flexibility index (Phi) is 45.3. The number of aliphatic hydroxyl groups excluding tert-OH is 3. The van der Waals surface area contributed by atoms with Crippen LogP contribution in [0.5, 0.6) is 0 Å². The zero-order valence-corrected chi connectivity index (χ0v) is 43.7. The van der Waals surface area contributed by atoms with Gasteiger partial charge >= 0.3 is 27.6 Å². The summed E-state index contributed by atoms with van der Waals surface area (Å²) in [6, 6.07) is 0. The molecule has 0 fully saturated rings. The second-order valence-corrected chi connectivity index (χ2v) is 19.0. The predicted molar refractivity (Wildman–Crippen MR) is 278 cm³/mol. The van der Waals surface area contributed by atoms with E-state index in [0.29, 0.717) is 12.8 Å². The minimum atomic E-state index is -4.81. The van der Waals surface area contributed by atoms with Crippen LogP contribution in [-0.4, -0.2) is 95.0 Å². The maximum atomic E-state index is 12.2. The molecule has 398 valence electrons. The van der Waals surface area contributed by atoms with Gasteiger partial charge in [-0.3, -0.25) is 27.7 Å². The molecule has 0 aromatic rings. The second kappa shape index (κ2) is 47.7. The Bertz CT molecular complexity index is 1590. The first-order chi connectivity index (χ1) is 33.8. The van der Waals surface area contributed by atoms with Crippen molar-refractivity contribution in [3.05, 3.63) is 122 Å². The zero-order chi connectivity index (χ0) is 51.7. The molecule has 0 saturated heterocycles. The maximum Gasteiger partial charge on any atom is 0.472 e. The fourth-order valence-corrected chi connectivity index (χ4v) is 7.21. The fraction of sp³-hybridized carbons (Fsp3) is 0.585. The lowest BCUT2D eigenvalue weighted by atomic mass is 10.1. The molecule has 17 heteroatoms. The number of hydrogen-bond donors (Lipinski definition) is 5. The molecule has 0 rings (SSSR count). The number of aliphatic hydroxyl groups is 3. The minimum absolute atomic E-state index is 0.150.